The Hall–Kier alpha value is -4.26. The minimum atomic E-state index is -0.00525. The third-order valence-electron chi connectivity index (χ3n) is 6.12. The second-order valence-electron chi connectivity index (χ2n) is 8.55. The van der Waals surface area contributed by atoms with E-state index >= 15 is 0 Å². The van der Waals surface area contributed by atoms with E-state index in [1.54, 1.807) is 6.20 Å². The predicted octanol–water partition coefficient (Wildman–Crippen LogP) is 4.72. The molecule has 0 atom stereocenters. The molecule has 0 radical (unpaired) electrons. The average Bonchev–Trinajstić information content (AvgIpc) is 3.26. The van der Waals surface area contributed by atoms with Gasteiger partial charge in [0.05, 0.1) is 11.2 Å². The first kappa shape index (κ1) is 22.5. The van der Waals surface area contributed by atoms with Crippen molar-refractivity contribution in [3.8, 4) is 5.75 Å². The van der Waals surface area contributed by atoms with Crippen molar-refractivity contribution >= 4 is 22.5 Å². The Balaban J connectivity index is 1.19. The summed E-state index contributed by atoms with van der Waals surface area (Å²) >= 11 is 0. The second-order valence-corrected chi connectivity index (χ2v) is 8.55. The number of pyridine rings is 1. The van der Waals surface area contributed by atoms with Crippen LogP contribution in [0.15, 0.2) is 72.9 Å². The van der Waals surface area contributed by atoms with E-state index in [0.717, 1.165) is 50.5 Å². The Morgan fingerprint density at radius 2 is 1.89 bits per heavy atom. The zero-order valence-electron chi connectivity index (χ0n) is 19.9. The normalized spacial score (nSPS) is 11.1. The number of aromatic nitrogens is 4. The van der Waals surface area contributed by atoms with Gasteiger partial charge in [-0.2, -0.15) is 5.10 Å². The van der Waals surface area contributed by atoms with Gasteiger partial charge < -0.3 is 10.1 Å². The zero-order chi connectivity index (χ0) is 24.2. The van der Waals surface area contributed by atoms with Gasteiger partial charge in [-0.05, 0) is 67.8 Å². The third-order valence-corrected chi connectivity index (χ3v) is 6.12. The minimum absolute atomic E-state index is 0.00525. The van der Waals surface area contributed by atoms with Crippen LogP contribution in [-0.2, 0) is 24.4 Å². The standard InChI is InChI=1S/C28H27N5O2/c1-19-24(20(2)33-28(31-19)25-11-3-4-12-26(25)32-33)13-14-27(34)30-17-21-8-7-10-23(16-21)35-18-22-9-5-6-15-29-22/h3-12,15-16H,13-14,17-18H2,1-2H3,(H,30,34). The quantitative estimate of drug-likeness (QED) is 0.359. The Kier molecular flexibility index (Phi) is 6.39. The number of aryl methyl sites for hydroxylation is 2. The first-order valence-electron chi connectivity index (χ1n) is 11.7. The molecule has 7 heteroatoms. The lowest BCUT2D eigenvalue weighted by Gasteiger charge is -2.12. The van der Waals surface area contributed by atoms with Gasteiger partial charge in [-0.15, -0.1) is 0 Å². The van der Waals surface area contributed by atoms with Crippen LogP contribution in [0.2, 0.25) is 0 Å². The highest BCUT2D eigenvalue weighted by atomic mass is 16.5. The number of ether oxygens (including phenoxy) is 1. The molecule has 0 saturated heterocycles. The van der Waals surface area contributed by atoms with Crippen molar-refractivity contribution in [3.63, 3.8) is 0 Å². The molecule has 1 amide bonds. The number of hydrogen-bond acceptors (Lipinski definition) is 5. The van der Waals surface area contributed by atoms with Crippen molar-refractivity contribution < 1.29 is 9.53 Å². The molecule has 0 unspecified atom stereocenters. The Bertz CT molecular complexity index is 1490. The lowest BCUT2D eigenvalue weighted by Crippen LogP contribution is -2.23. The summed E-state index contributed by atoms with van der Waals surface area (Å²) in [6.45, 7) is 4.88. The summed E-state index contributed by atoms with van der Waals surface area (Å²) < 4.78 is 7.73. The fraction of sp³-hybridized carbons (Fsp3) is 0.214. The SMILES string of the molecule is Cc1nc2c3ccccc3nn2c(C)c1CCC(=O)NCc1cccc(OCc2ccccn2)c1. The number of fused-ring (bicyclic) bond motifs is 3. The van der Waals surface area contributed by atoms with Crippen molar-refractivity contribution in [2.24, 2.45) is 0 Å². The molecule has 3 heterocycles. The molecule has 176 valence electrons. The van der Waals surface area contributed by atoms with Gasteiger partial charge in [0.2, 0.25) is 5.91 Å². The molecule has 0 aliphatic rings. The molecule has 2 aromatic carbocycles. The smallest absolute Gasteiger partial charge is 0.220 e. The molecule has 7 nitrogen and oxygen atoms in total. The summed E-state index contributed by atoms with van der Waals surface area (Å²) in [5.41, 5.74) is 6.65. The molecule has 0 aliphatic heterocycles. The van der Waals surface area contributed by atoms with Crippen molar-refractivity contribution in [2.45, 2.75) is 39.8 Å². The van der Waals surface area contributed by atoms with Crippen LogP contribution in [0.5, 0.6) is 5.75 Å². The van der Waals surface area contributed by atoms with Gasteiger partial charge in [0.15, 0.2) is 5.65 Å². The molecule has 35 heavy (non-hydrogen) atoms. The number of nitrogens with zero attached hydrogens (tertiary/aromatic N) is 4. The van der Waals surface area contributed by atoms with Gasteiger partial charge in [-0.3, -0.25) is 9.78 Å². The van der Waals surface area contributed by atoms with Crippen molar-refractivity contribution in [2.75, 3.05) is 0 Å². The van der Waals surface area contributed by atoms with E-state index in [1.807, 2.05) is 85.1 Å². The van der Waals surface area contributed by atoms with Crippen LogP contribution < -0.4 is 10.1 Å². The largest absolute Gasteiger partial charge is 0.487 e. The molecule has 0 bridgehead atoms. The van der Waals surface area contributed by atoms with Gasteiger partial charge in [0, 0.05) is 35.9 Å². The van der Waals surface area contributed by atoms with E-state index in [4.69, 9.17) is 14.8 Å². The van der Waals surface area contributed by atoms with E-state index in [-0.39, 0.29) is 5.91 Å². The molecular formula is C28H27N5O2. The summed E-state index contributed by atoms with van der Waals surface area (Å²) in [5.74, 6) is 0.744. The highest BCUT2D eigenvalue weighted by molar-refractivity contribution is 5.92. The Morgan fingerprint density at radius 1 is 1.03 bits per heavy atom. The summed E-state index contributed by atoms with van der Waals surface area (Å²) in [5, 5.41) is 8.75. The maximum Gasteiger partial charge on any atom is 0.220 e. The van der Waals surface area contributed by atoms with Crippen LogP contribution in [0.3, 0.4) is 0 Å². The molecule has 5 rings (SSSR count). The monoisotopic (exact) mass is 465 g/mol. The number of rotatable bonds is 8. The van der Waals surface area contributed by atoms with Crippen LogP contribution in [0, 0.1) is 13.8 Å². The number of hydrogen-bond donors (Lipinski definition) is 1. The maximum absolute atomic E-state index is 12.6. The molecule has 1 N–H and O–H groups in total. The van der Waals surface area contributed by atoms with E-state index in [2.05, 4.69) is 10.3 Å². The molecule has 0 spiro atoms. The predicted molar refractivity (Wildman–Crippen MR) is 135 cm³/mol. The fourth-order valence-electron chi connectivity index (χ4n) is 4.25. The maximum atomic E-state index is 12.6. The summed E-state index contributed by atoms with van der Waals surface area (Å²) in [6.07, 6.45) is 2.74. The molecule has 0 aliphatic carbocycles. The molecule has 3 aromatic heterocycles. The topological polar surface area (TPSA) is 81.4 Å². The first-order valence-corrected chi connectivity index (χ1v) is 11.7. The van der Waals surface area contributed by atoms with E-state index in [0.29, 0.717) is 26.0 Å². The summed E-state index contributed by atoms with van der Waals surface area (Å²) in [4.78, 5) is 21.7. The fourth-order valence-corrected chi connectivity index (χ4v) is 4.25. The highest BCUT2D eigenvalue weighted by Gasteiger charge is 2.15. The van der Waals surface area contributed by atoms with Crippen LogP contribution in [0.4, 0.5) is 0 Å². The number of carbonyl (C=O) groups excluding carboxylic acids is 1. The highest BCUT2D eigenvalue weighted by Crippen LogP contribution is 2.23. The average molecular weight is 466 g/mol. The molecule has 5 aromatic rings. The third kappa shape index (κ3) is 4.99. The van der Waals surface area contributed by atoms with Crippen LogP contribution in [0.1, 0.15) is 34.6 Å². The van der Waals surface area contributed by atoms with Gasteiger partial charge in [-0.25, -0.2) is 9.50 Å². The first-order chi connectivity index (χ1) is 17.1. The van der Waals surface area contributed by atoms with Gasteiger partial charge >= 0.3 is 0 Å². The summed E-state index contributed by atoms with van der Waals surface area (Å²) in [6, 6.07) is 21.5. The molecule has 0 saturated carbocycles. The lowest BCUT2D eigenvalue weighted by molar-refractivity contribution is -0.121. The lowest BCUT2D eigenvalue weighted by atomic mass is 10.1. The van der Waals surface area contributed by atoms with E-state index in [9.17, 15) is 4.79 Å². The minimum Gasteiger partial charge on any atom is -0.487 e. The van der Waals surface area contributed by atoms with Crippen molar-refractivity contribution in [1.82, 2.24) is 24.9 Å². The van der Waals surface area contributed by atoms with Gasteiger partial charge in [0.1, 0.15) is 12.4 Å². The van der Waals surface area contributed by atoms with Crippen LogP contribution in [-0.4, -0.2) is 25.5 Å². The number of nitrogens with one attached hydrogen (secondary N) is 1. The van der Waals surface area contributed by atoms with Gasteiger partial charge in [-0.1, -0.05) is 30.3 Å². The molecular weight excluding hydrogens is 438 g/mol. The second kappa shape index (κ2) is 9.93. The Labute approximate surface area is 203 Å². The zero-order valence-corrected chi connectivity index (χ0v) is 19.9. The van der Waals surface area contributed by atoms with Crippen molar-refractivity contribution in [3.05, 3.63) is 101 Å². The van der Waals surface area contributed by atoms with E-state index < -0.39 is 0 Å². The van der Waals surface area contributed by atoms with Crippen LogP contribution >= 0.6 is 0 Å². The van der Waals surface area contributed by atoms with Crippen LogP contribution in [0.25, 0.3) is 16.6 Å². The number of benzene rings is 2. The van der Waals surface area contributed by atoms with E-state index in [1.165, 1.54) is 0 Å². The molecule has 0 fully saturated rings. The number of amides is 1. The van der Waals surface area contributed by atoms with Crippen molar-refractivity contribution in [1.29, 1.82) is 0 Å². The van der Waals surface area contributed by atoms with Gasteiger partial charge in [0.25, 0.3) is 0 Å². The number of carbonyl (C=O) groups is 1. The summed E-state index contributed by atoms with van der Waals surface area (Å²) in [7, 11) is 0. The Morgan fingerprint density at radius 3 is 2.74 bits per heavy atom.